The second kappa shape index (κ2) is 6.66. The number of nitrogens with zero attached hydrogens (tertiary/aromatic N) is 6. The molecule has 0 saturated heterocycles. The van der Waals surface area contributed by atoms with Gasteiger partial charge in [0.05, 0.1) is 34.7 Å². The van der Waals surface area contributed by atoms with Crippen LogP contribution in [0.25, 0.3) is 10.9 Å². The highest BCUT2D eigenvalue weighted by Gasteiger charge is 2.44. The summed E-state index contributed by atoms with van der Waals surface area (Å²) in [5.41, 5.74) is 0.414. The van der Waals surface area contributed by atoms with Crippen LogP contribution >= 0.6 is 0 Å². The van der Waals surface area contributed by atoms with Crippen LogP contribution in [0.15, 0.2) is 60.3 Å². The first-order chi connectivity index (χ1) is 14.7. The topological polar surface area (TPSA) is 75.1 Å². The second-order valence-corrected chi connectivity index (χ2v) is 7.68. The summed E-state index contributed by atoms with van der Waals surface area (Å²) >= 11 is 0. The fourth-order valence-corrected chi connectivity index (χ4v) is 3.48. The standard InChI is InChI=1S/C21H18F3N7/c1-12-3-6-18(14-9-26-30(11-14)15-4-5-15)28-31(12)20(25)21(23,24)16-7-13-10-29(2)27-19(13)8-17(16)22/h3,6-11,15,25H,1,4-5H2,2H3. The zero-order valence-electron chi connectivity index (χ0n) is 16.6. The lowest BCUT2D eigenvalue weighted by Crippen LogP contribution is -2.39. The summed E-state index contributed by atoms with van der Waals surface area (Å²) < 4.78 is 48.3. The Balaban J connectivity index is 1.49. The molecule has 1 fully saturated rings. The maximum Gasteiger partial charge on any atom is 0.334 e. The molecule has 2 aliphatic rings. The number of allylic oxidation sites excluding steroid dienone is 2. The lowest BCUT2D eigenvalue weighted by Gasteiger charge is -2.28. The zero-order chi connectivity index (χ0) is 21.9. The quantitative estimate of drug-likeness (QED) is 0.505. The van der Waals surface area contributed by atoms with Crippen LogP contribution in [0.3, 0.4) is 0 Å². The molecule has 0 bridgehead atoms. The summed E-state index contributed by atoms with van der Waals surface area (Å²) in [7, 11) is 1.61. The molecule has 3 heterocycles. The Morgan fingerprint density at radius 3 is 2.74 bits per heavy atom. The van der Waals surface area contributed by atoms with Gasteiger partial charge in [-0.05, 0) is 31.1 Å². The predicted octanol–water partition coefficient (Wildman–Crippen LogP) is 4.10. The van der Waals surface area contributed by atoms with Gasteiger partial charge in [0.2, 0.25) is 0 Å². The van der Waals surface area contributed by atoms with Crippen LogP contribution in [0, 0.1) is 11.2 Å². The van der Waals surface area contributed by atoms with Crippen LogP contribution in [-0.2, 0) is 13.0 Å². The summed E-state index contributed by atoms with van der Waals surface area (Å²) in [5, 5.41) is 21.7. The van der Waals surface area contributed by atoms with E-state index in [0.29, 0.717) is 22.7 Å². The van der Waals surface area contributed by atoms with E-state index in [-0.39, 0.29) is 11.2 Å². The summed E-state index contributed by atoms with van der Waals surface area (Å²) in [5.74, 6) is -6.29. The molecule has 7 nitrogen and oxygen atoms in total. The lowest BCUT2D eigenvalue weighted by molar-refractivity contribution is 0.0579. The lowest BCUT2D eigenvalue weighted by atomic mass is 10.0. The van der Waals surface area contributed by atoms with Crippen molar-refractivity contribution in [3.05, 3.63) is 72.1 Å². The number of rotatable bonds is 4. The average Bonchev–Trinajstić information content (AvgIpc) is 3.34. The van der Waals surface area contributed by atoms with Crippen molar-refractivity contribution in [1.82, 2.24) is 24.6 Å². The van der Waals surface area contributed by atoms with E-state index in [2.05, 4.69) is 21.9 Å². The third kappa shape index (κ3) is 3.24. The molecule has 10 heteroatoms. The minimum absolute atomic E-state index is 0.0749. The van der Waals surface area contributed by atoms with Crippen molar-refractivity contribution in [3.63, 3.8) is 0 Å². The van der Waals surface area contributed by atoms with Crippen LogP contribution in [0.4, 0.5) is 13.2 Å². The molecule has 31 heavy (non-hydrogen) atoms. The summed E-state index contributed by atoms with van der Waals surface area (Å²) in [6.45, 7) is 3.70. The SMILES string of the molecule is C=C1C=CC(c2cnn(C3CC3)c2)=NN1C(=N)C(F)(F)c1cc2cn(C)nc2cc1F. The Hall–Kier alpha value is -3.69. The van der Waals surface area contributed by atoms with Gasteiger partial charge in [-0.25, -0.2) is 9.40 Å². The molecule has 0 spiro atoms. The van der Waals surface area contributed by atoms with E-state index >= 15 is 8.78 Å². The first-order valence-electron chi connectivity index (χ1n) is 9.64. The number of hydrogen-bond donors (Lipinski definition) is 1. The molecule has 0 radical (unpaired) electrons. The highest BCUT2D eigenvalue weighted by molar-refractivity contribution is 6.10. The largest absolute Gasteiger partial charge is 0.334 e. The number of aryl methyl sites for hydroxylation is 1. The third-order valence-electron chi connectivity index (χ3n) is 5.29. The Morgan fingerprint density at radius 1 is 1.23 bits per heavy atom. The molecule has 1 aliphatic heterocycles. The van der Waals surface area contributed by atoms with Gasteiger partial charge in [0, 0.05) is 36.5 Å². The maximum absolute atomic E-state index is 15.3. The molecular weight excluding hydrogens is 407 g/mol. The molecule has 0 atom stereocenters. The van der Waals surface area contributed by atoms with Gasteiger partial charge in [0.1, 0.15) is 5.82 Å². The highest BCUT2D eigenvalue weighted by Crippen LogP contribution is 2.37. The number of hydrazone groups is 1. The van der Waals surface area contributed by atoms with Gasteiger partial charge in [-0.1, -0.05) is 6.58 Å². The van der Waals surface area contributed by atoms with Crippen molar-refractivity contribution >= 4 is 22.5 Å². The Bertz CT molecular complexity index is 1290. The summed E-state index contributed by atoms with van der Waals surface area (Å²) in [4.78, 5) is 0. The van der Waals surface area contributed by atoms with E-state index < -0.39 is 23.1 Å². The first kappa shape index (κ1) is 19.3. The molecule has 2 aromatic heterocycles. The Labute approximate surface area is 175 Å². The highest BCUT2D eigenvalue weighted by atomic mass is 19.3. The molecule has 0 amide bonds. The van der Waals surface area contributed by atoms with Crippen molar-refractivity contribution in [2.75, 3.05) is 0 Å². The monoisotopic (exact) mass is 425 g/mol. The van der Waals surface area contributed by atoms with Crippen molar-refractivity contribution in [2.45, 2.75) is 24.8 Å². The number of halogens is 3. The fraction of sp³-hybridized carbons (Fsp3) is 0.238. The smallest absolute Gasteiger partial charge is 0.281 e. The number of nitrogens with one attached hydrogen (secondary N) is 1. The molecule has 1 aliphatic carbocycles. The normalized spacial score (nSPS) is 16.8. The molecule has 0 unspecified atom stereocenters. The zero-order valence-corrected chi connectivity index (χ0v) is 16.6. The van der Waals surface area contributed by atoms with Gasteiger partial charge >= 0.3 is 5.92 Å². The molecular formula is C21H18F3N7. The average molecular weight is 425 g/mol. The second-order valence-electron chi connectivity index (χ2n) is 7.68. The van der Waals surface area contributed by atoms with Crippen LogP contribution < -0.4 is 0 Å². The summed E-state index contributed by atoms with van der Waals surface area (Å²) in [6.07, 6.45) is 10.1. The van der Waals surface area contributed by atoms with Gasteiger partial charge in [0.25, 0.3) is 0 Å². The number of fused-ring (bicyclic) bond motifs is 1. The number of benzene rings is 1. The van der Waals surface area contributed by atoms with Gasteiger partial charge < -0.3 is 0 Å². The predicted molar refractivity (Wildman–Crippen MR) is 109 cm³/mol. The number of alkyl halides is 2. The van der Waals surface area contributed by atoms with Crippen LogP contribution in [0.5, 0.6) is 0 Å². The first-order valence-corrected chi connectivity index (χ1v) is 9.64. The molecule has 1 saturated carbocycles. The summed E-state index contributed by atoms with van der Waals surface area (Å²) in [6, 6.07) is 2.32. The molecule has 1 aromatic carbocycles. The van der Waals surface area contributed by atoms with E-state index in [1.165, 1.54) is 17.0 Å². The Morgan fingerprint density at radius 2 is 2.00 bits per heavy atom. The van der Waals surface area contributed by atoms with E-state index in [1.807, 2.05) is 4.68 Å². The third-order valence-corrected chi connectivity index (χ3v) is 5.29. The molecule has 1 N–H and O–H groups in total. The number of hydrogen-bond acceptors (Lipinski definition) is 4. The Kier molecular flexibility index (Phi) is 4.14. The molecule has 3 aromatic rings. The van der Waals surface area contributed by atoms with E-state index in [1.54, 1.807) is 25.5 Å². The van der Waals surface area contributed by atoms with Gasteiger partial charge in [-0.15, -0.1) is 0 Å². The van der Waals surface area contributed by atoms with Gasteiger partial charge in [-0.2, -0.15) is 24.1 Å². The molecule has 158 valence electrons. The van der Waals surface area contributed by atoms with Crippen LogP contribution in [0.2, 0.25) is 0 Å². The van der Waals surface area contributed by atoms with Crippen LogP contribution in [0.1, 0.15) is 30.0 Å². The van der Waals surface area contributed by atoms with E-state index in [0.717, 1.165) is 30.0 Å². The van der Waals surface area contributed by atoms with Gasteiger partial charge in [0.15, 0.2) is 5.84 Å². The molecule has 5 rings (SSSR count). The van der Waals surface area contributed by atoms with Crippen molar-refractivity contribution in [3.8, 4) is 0 Å². The number of amidine groups is 1. The van der Waals surface area contributed by atoms with Crippen LogP contribution in [-0.4, -0.2) is 36.1 Å². The van der Waals surface area contributed by atoms with Crippen molar-refractivity contribution < 1.29 is 13.2 Å². The van der Waals surface area contributed by atoms with E-state index in [4.69, 9.17) is 5.41 Å². The van der Waals surface area contributed by atoms with Crippen molar-refractivity contribution in [1.29, 1.82) is 5.41 Å². The fourth-order valence-electron chi connectivity index (χ4n) is 3.48. The van der Waals surface area contributed by atoms with E-state index in [9.17, 15) is 4.39 Å². The maximum atomic E-state index is 15.3. The minimum Gasteiger partial charge on any atom is -0.281 e. The van der Waals surface area contributed by atoms with Crippen molar-refractivity contribution in [2.24, 2.45) is 12.1 Å². The van der Waals surface area contributed by atoms with Gasteiger partial charge in [-0.3, -0.25) is 14.8 Å². The number of aromatic nitrogens is 4. The minimum atomic E-state index is -3.95.